The lowest BCUT2D eigenvalue weighted by atomic mass is 9.84. The van der Waals surface area contributed by atoms with Crippen molar-refractivity contribution in [2.45, 2.75) is 38.6 Å². The summed E-state index contributed by atoms with van der Waals surface area (Å²) in [5.41, 5.74) is 0. The molecule has 6 nitrogen and oxygen atoms in total. The maximum atomic E-state index is 12.4. The molecule has 2 N–H and O–H groups in total. The van der Waals surface area contributed by atoms with Crippen molar-refractivity contribution in [2.24, 2.45) is 23.7 Å². The van der Waals surface area contributed by atoms with Crippen LogP contribution < -0.4 is 5.32 Å². The summed E-state index contributed by atoms with van der Waals surface area (Å²) in [6.07, 6.45) is 3.12. The molecule has 2 bridgehead atoms. The van der Waals surface area contributed by atoms with Crippen molar-refractivity contribution in [3.8, 4) is 0 Å². The molecule has 5 unspecified atom stereocenters. The zero-order valence-electron chi connectivity index (χ0n) is 12.2. The summed E-state index contributed by atoms with van der Waals surface area (Å²) in [6, 6.07) is -0.250. The molecule has 0 spiro atoms. The van der Waals surface area contributed by atoms with Crippen LogP contribution in [0.5, 0.6) is 0 Å². The van der Waals surface area contributed by atoms with Crippen molar-refractivity contribution in [3.05, 3.63) is 0 Å². The lowest BCUT2D eigenvalue weighted by molar-refractivity contribution is -0.145. The molecule has 0 aromatic rings. The van der Waals surface area contributed by atoms with Crippen molar-refractivity contribution in [3.63, 3.8) is 0 Å². The first-order chi connectivity index (χ1) is 10.0. The number of rotatable bonds is 4. The predicted molar refractivity (Wildman–Crippen MR) is 74.2 cm³/mol. The Morgan fingerprint density at radius 3 is 2.67 bits per heavy atom. The third-order valence-electron chi connectivity index (χ3n) is 5.48. The van der Waals surface area contributed by atoms with Gasteiger partial charge in [0.05, 0.1) is 11.8 Å². The average Bonchev–Trinajstić information content (AvgIpc) is 3.11. The van der Waals surface area contributed by atoms with E-state index in [1.165, 1.54) is 0 Å². The Bertz CT molecular complexity index is 478. The zero-order chi connectivity index (χ0) is 15.1. The number of carboxylic acids is 1. The van der Waals surface area contributed by atoms with Gasteiger partial charge in [-0.05, 0) is 38.0 Å². The molecule has 21 heavy (non-hydrogen) atoms. The van der Waals surface area contributed by atoms with Crippen molar-refractivity contribution in [1.82, 2.24) is 10.2 Å². The van der Waals surface area contributed by atoms with Crippen molar-refractivity contribution in [1.29, 1.82) is 0 Å². The van der Waals surface area contributed by atoms with Gasteiger partial charge in [0.2, 0.25) is 11.8 Å². The maximum Gasteiger partial charge on any atom is 0.308 e. The second-order valence-electron chi connectivity index (χ2n) is 6.57. The Balaban J connectivity index is 1.65. The van der Waals surface area contributed by atoms with Crippen LogP contribution >= 0.6 is 0 Å². The Kier molecular flexibility index (Phi) is 3.63. The van der Waals surface area contributed by atoms with Gasteiger partial charge in [0.1, 0.15) is 0 Å². The molecular formula is C15H22N2O4. The molecule has 2 amide bonds. The second-order valence-corrected chi connectivity index (χ2v) is 6.57. The number of amides is 2. The minimum absolute atomic E-state index is 0.0142. The highest BCUT2D eigenvalue weighted by molar-refractivity contribution is 5.89. The molecule has 0 aromatic heterocycles. The highest BCUT2D eigenvalue weighted by atomic mass is 16.4. The molecule has 116 valence electrons. The molecular weight excluding hydrogens is 272 g/mol. The van der Waals surface area contributed by atoms with E-state index in [0.29, 0.717) is 19.0 Å². The molecule has 3 fully saturated rings. The van der Waals surface area contributed by atoms with Gasteiger partial charge in [0.15, 0.2) is 0 Å². The molecule has 0 aromatic carbocycles. The van der Waals surface area contributed by atoms with Crippen LogP contribution in [0.15, 0.2) is 0 Å². The number of carbonyl (C=O) groups excluding carboxylic acids is 2. The number of carbonyl (C=O) groups is 3. The smallest absolute Gasteiger partial charge is 0.308 e. The predicted octanol–water partition coefficient (Wildman–Crippen LogP) is 0.470. The van der Waals surface area contributed by atoms with Crippen LogP contribution in [0.4, 0.5) is 0 Å². The van der Waals surface area contributed by atoms with Gasteiger partial charge in [0, 0.05) is 25.6 Å². The number of fused-ring (bicyclic) bond motifs is 2. The molecule has 3 rings (SSSR count). The van der Waals surface area contributed by atoms with E-state index >= 15 is 0 Å². The summed E-state index contributed by atoms with van der Waals surface area (Å²) < 4.78 is 0. The average molecular weight is 294 g/mol. The fraction of sp³-hybridized carbons (Fsp3) is 0.800. The molecule has 5 atom stereocenters. The summed E-state index contributed by atoms with van der Waals surface area (Å²) in [5.74, 6) is -1.22. The Labute approximate surface area is 123 Å². The molecule has 2 aliphatic carbocycles. The minimum atomic E-state index is -0.801. The Morgan fingerprint density at radius 1 is 1.33 bits per heavy atom. The van der Waals surface area contributed by atoms with E-state index in [2.05, 4.69) is 5.32 Å². The SMILES string of the molecule is CCN1CC(C(=O)NC2C3CCC(C3)C2C(=O)O)CC1=O. The molecule has 1 aliphatic heterocycles. The van der Waals surface area contributed by atoms with Gasteiger partial charge in [-0.25, -0.2) is 0 Å². The van der Waals surface area contributed by atoms with Crippen LogP contribution in [0.3, 0.4) is 0 Å². The van der Waals surface area contributed by atoms with E-state index in [9.17, 15) is 19.5 Å². The number of likely N-dealkylation sites (tertiary alicyclic amines) is 1. The first kappa shape index (κ1) is 14.4. The first-order valence-electron chi connectivity index (χ1n) is 7.82. The van der Waals surface area contributed by atoms with Gasteiger partial charge in [-0.15, -0.1) is 0 Å². The normalized spacial score (nSPS) is 38.0. The molecule has 1 saturated heterocycles. The van der Waals surface area contributed by atoms with Crippen molar-refractivity contribution >= 4 is 17.8 Å². The number of aliphatic carboxylic acids is 1. The first-order valence-corrected chi connectivity index (χ1v) is 7.82. The highest BCUT2D eigenvalue weighted by Gasteiger charge is 2.52. The van der Waals surface area contributed by atoms with Gasteiger partial charge >= 0.3 is 5.97 Å². The monoisotopic (exact) mass is 294 g/mol. The minimum Gasteiger partial charge on any atom is -0.481 e. The molecule has 1 heterocycles. The fourth-order valence-electron chi connectivity index (χ4n) is 4.39. The summed E-state index contributed by atoms with van der Waals surface area (Å²) in [4.78, 5) is 37.2. The van der Waals surface area contributed by atoms with Crippen LogP contribution in [0.25, 0.3) is 0 Å². The zero-order valence-corrected chi connectivity index (χ0v) is 12.2. The third kappa shape index (κ3) is 2.40. The molecule has 3 aliphatic rings. The number of nitrogens with one attached hydrogen (secondary N) is 1. The van der Waals surface area contributed by atoms with E-state index in [4.69, 9.17) is 0 Å². The van der Waals surface area contributed by atoms with Crippen LogP contribution in [0, 0.1) is 23.7 Å². The topological polar surface area (TPSA) is 86.7 Å². The van der Waals surface area contributed by atoms with Crippen LogP contribution in [-0.4, -0.2) is 46.9 Å². The van der Waals surface area contributed by atoms with E-state index in [-0.39, 0.29) is 36.1 Å². The van der Waals surface area contributed by atoms with E-state index < -0.39 is 11.9 Å². The third-order valence-corrected chi connectivity index (χ3v) is 5.48. The number of hydrogen-bond acceptors (Lipinski definition) is 3. The van der Waals surface area contributed by atoms with Crippen molar-refractivity contribution < 1.29 is 19.5 Å². The number of hydrogen-bond donors (Lipinski definition) is 2. The Hall–Kier alpha value is -1.59. The summed E-state index contributed by atoms with van der Waals surface area (Å²) in [5, 5.41) is 12.3. The summed E-state index contributed by atoms with van der Waals surface area (Å²) in [6.45, 7) is 2.97. The summed E-state index contributed by atoms with van der Waals surface area (Å²) >= 11 is 0. The lowest BCUT2D eigenvalue weighted by Crippen LogP contribution is -2.49. The summed E-state index contributed by atoms with van der Waals surface area (Å²) in [7, 11) is 0. The molecule has 0 radical (unpaired) electrons. The fourth-order valence-corrected chi connectivity index (χ4v) is 4.39. The van der Waals surface area contributed by atoms with Gasteiger partial charge in [-0.3, -0.25) is 14.4 Å². The standard InChI is InChI=1S/C15H22N2O4/c1-2-17-7-10(6-11(17)18)14(19)16-13-9-4-3-8(5-9)12(13)15(20)21/h8-10,12-13H,2-7H2,1H3,(H,16,19)(H,20,21). The van der Waals surface area contributed by atoms with E-state index in [1.807, 2.05) is 6.92 Å². The number of nitrogens with zero attached hydrogens (tertiary/aromatic N) is 1. The van der Waals surface area contributed by atoms with Gasteiger partial charge in [0.25, 0.3) is 0 Å². The van der Waals surface area contributed by atoms with Crippen molar-refractivity contribution in [2.75, 3.05) is 13.1 Å². The highest BCUT2D eigenvalue weighted by Crippen LogP contribution is 2.48. The van der Waals surface area contributed by atoms with E-state index in [0.717, 1.165) is 19.3 Å². The second kappa shape index (κ2) is 5.31. The van der Waals surface area contributed by atoms with Gasteiger partial charge in [-0.2, -0.15) is 0 Å². The largest absolute Gasteiger partial charge is 0.481 e. The quantitative estimate of drug-likeness (QED) is 0.789. The van der Waals surface area contributed by atoms with Crippen LogP contribution in [0.1, 0.15) is 32.6 Å². The van der Waals surface area contributed by atoms with Crippen LogP contribution in [-0.2, 0) is 14.4 Å². The molecule has 6 heteroatoms. The number of carboxylic acid groups (broad SMARTS) is 1. The lowest BCUT2D eigenvalue weighted by Gasteiger charge is -2.29. The van der Waals surface area contributed by atoms with E-state index in [1.54, 1.807) is 4.90 Å². The van der Waals surface area contributed by atoms with Gasteiger partial charge < -0.3 is 15.3 Å². The van der Waals surface area contributed by atoms with Gasteiger partial charge in [-0.1, -0.05) is 0 Å². The van der Waals surface area contributed by atoms with Crippen LogP contribution in [0.2, 0.25) is 0 Å². The molecule has 2 saturated carbocycles. The Morgan fingerprint density at radius 2 is 2.05 bits per heavy atom. The maximum absolute atomic E-state index is 12.4.